The topological polar surface area (TPSA) is 65.7 Å². The maximum atomic E-state index is 13.0. The largest absolute Gasteiger partial charge is 0.493 e. The first-order valence-corrected chi connectivity index (χ1v) is 9.63. The number of rotatable bonds is 6. The normalized spacial score (nSPS) is 11.2. The van der Waals surface area contributed by atoms with Crippen molar-refractivity contribution in [1.82, 2.24) is 9.66 Å². The van der Waals surface area contributed by atoms with Gasteiger partial charge in [0.05, 0.1) is 24.2 Å². The lowest BCUT2D eigenvalue weighted by Crippen LogP contribution is -2.20. The minimum Gasteiger partial charge on any atom is -0.493 e. The van der Waals surface area contributed by atoms with Gasteiger partial charge in [0.25, 0.3) is 5.56 Å². The third-order valence-electron chi connectivity index (χ3n) is 4.73. The third-order valence-corrected chi connectivity index (χ3v) is 4.73. The molecule has 0 unspecified atom stereocenters. The van der Waals surface area contributed by atoms with Crippen molar-refractivity contribution in [3.05, 3.63) is 99.9 Å². The second-order valence-electron chi connectivity index (χ2n) is 6.86. The average Bonchev–Trinajstić information content (AvgIpc) is 2.79. The predicted molar refractivity (Wildman–Crippen MR) is 117 cm³/mol. The van der Waals surface area contributed by atoms with E-state index >= 15 is 0 Å². The summed E-state index contributed by atoms with van der Waals surface area (Å²) in [5, 5.41) is 4.82. The maximum Gasteiger partial charge on any atom is 0.282 e. The molecule has 4 aromatic rings. The van der Waals surface area contributed by atoms with Crippen molar-refractivity contribution in [3.8, 4) is 11.5 Å². The lowest BCUT2D eigenvalue weighted by molar-refractivity contribution is 0.284. The average molecular weight is 417 g/mol. The molecule has 0 saturated heterocycles. The first-order chi connectivity index (χ1) is 15.0. The van der Waals surface area contributed by atoms with Crippen LogP contribution in [0.25, 0.3) is 10.9 Å². The summed E-state index contributed by atoms with van der Waals surface area (Å²) >= 11 is 0. The summed E-state index contributed by atoms with van der Waals surface area (Å²) in [5.41, 5.74) is 1.98. The number of benzene rings is 3. The Morgan fingerprint density at radius 3 is 2.61 bits per heavy atom. The number of halogens is 1. The van der Waals surface area contributed by atoms with Gasteiger partial charge in [0.2, 0.25) is 0 Å². The monoisotopic (exact) mass is 417 g/mol. The summed E-state index contributed by atoms with van der Waals surface area (Å²) in [6, 6.07) is 18.6. The SMILES string of the molecule is COc1cc(C=Nn2c(C)nc3ccccc3c2=O)ccc1OCc1ccc(F)cc1. The molecule has 0 amide bonds. The fourth-order valence-corrected chi connectivity index (χ4v) is 3.12. The van der Waals surface area contributed by atoms with Gasteiger partial charge in [0.15, 0.2) is 11.5 Å². The zero-order valence-electron chi connectivity index (χ0n) is 17.1. The number of hydrogen-bond donors (Lipinski definition) is 0. The Hall–Kier alpha value is -4.00. The van der Waals surface area contributed by atoms with Crippen molar-refractivity contribution in [3.63, 3.8) is 0 Å². The van der Waals surface area contributed by atoms with Crippen LogP contribution in [0.4, 0.5) is 4.39 Å². The molecule has 1 heterocycles. The Kier molecular flexibility index (Phi) is 5.75. The lowest BCUT2D eigenvalue weighted by atomic mass is 10.2. The first-order valence-electron chi connectivity index (χ1n) is 9.63. The van der Waals surface area contributed by atoms with Crippen LogP contribution in [-0.2, 0) is 6.61 Å². The molecule has 0 bridgehead atoms. The number of fused-ring (bicyclic) bond motifs is 1. The molecule has 0 aliphatic carbocycles. The van der Waals surface area contributed by atoms with Crippen molar-refractivity contribution in [2.45, 2.75) is 13.5 Å². The van der Waals surface area contributed by atoms with Gasteiger partial charge < -0.3 is 9.47 Å². The molecule has 4 rings (SSSR count). The van der Waals surface area contributed by atoms with Crippen molar-refractivity contribution >= 4 is 17.1 Å². The van der Waals surface area contributed by atoms with Gasteiger partial charge >= 0.3 is 0 Å². The smallest absolute Gasteiger partial charge is 0.282 e. The number of ether oxygens (including phenoxy) is 2. The van der Waals surface area contributed by atoms with Crippen LogP contribution >= 0.6 is 0 Å². The van der Waals surface area contributed by atoms with Gasteiger partial charge in [-0.05, 0) is 60.5 Å². The molecule has 1 aromatic heterocycles. The molecule has 0 aliphatic rings. The van der Waals surface area contributed by atoms with E-state index in [1.807, 2.05) is 6.07 Å². The predicted octanol–water partition coefficient (Wildman–Crippen LogP) is 4.31. The van der Waals surface area contributed by atoms with Crippen molar-refractivity contribution in [1.29, 1.82) is 0 Å². The van der Waals surface area contributed by atoms with Gasteiger partial charge in [-0.25, -0.2) is 9.37 Å². The van der Waals surface area contributed by atoms with Crippen LogP contribution in [-0.4, -0.2) is 23.0 Å². The highest BCUT2D eigenvalue weighted by Crippen LogP contribution is 2.28. The molecule has 0 fully saturated rings. The number of methoxy groups -OCH3 is 1. The van der Waals surface area contributed by atoms with E-state index in [-0.39, 0.29) is 18.0 Å². The van der Waals surface area contributed by atoms with Gasteiger partial charge in [0, 0.05) is 0 Å². The molecule has 31 heavy (non-hydrogen) atoms. The summed E-state index contributed by atoms with van der Waals surface area (Å²) in [7, 11) is 1.54. The molecule has 0 saturated carbocycles. The summed E-state index contributed by atoms with van der Waals surface area (Å²) in [5.74, 6) is 1.27. The van der Waals surface area contributed by atoms with Crippen molar-refractivity contribution in [2.24, 2.45) is 5.10 Å². The third kappa shape index (κ3) is 4.45. The van der Waals surface area contributed by atoms with Crippen LogP contribution < -0.4 is 15.0 Å². The standard InChI is InChI=1S/C24H20FN3O3/c1-16-27-21-6-4-3-5-20(21)24(29)28(16)26-14-18-9-12-22(23(13-18)30-2)31-15-17-7-10-19(25)11-8-17/h3-14H,15H2,1-2H3. The highest BCUT2D eigenvalue weighted by molar-refractivity contribution is 5.81. The second-order valence-corrected chi connectivity index (χ2v) is 6.86. The lowest BCUT2D eigenvalue weighted by Gasteiger charge is -2.11. The molecule has 156 valence electrons. The summed E-state index contributed by atoms with van der Waals surface area (Å²) in [6.45, 7) is 2.01. The van der Waals surface area contributed by atoms with Crippen LogP contribution in [0.5, 0.6) is 11.5 Å². The van der Waals surface area contributed by atoms with Crippen LogP contribution in [0.3, 0.4) is 0 Å². The van der Waals surface area contributed by atoms with Crippen LogP contribution in [0.1, 0.15) is 17.0 Å². The quantitative estimate of drug-likeness (QED) is 0.439. The zero-order valence-corrected chi connectivity index (χ0v) is 17.1. The van der Waals surface area contributed by atoms with Gasteiger partial charge in [-0.2, -0.15) is 9.78 Å². The maximum absolute atomic E-state index is 13.0. The molecule has 0 atom stereocenters. The van der Waals surface area contributed by atoms with Crippen molar-refractivity contribution in [2.75, 3.05) is 7.11 Å². The van der Waals surface area contributed by atoms with E-state index in [2.05, 4.69) is 10.1 Å². The fraction of sp³-hybridized carbons (Fsp3) is 0.125. The van der Waals surface area contributed by atoms with Gasteiger partial charge in [-0.15, -0.1) is 0 Å². The Bertz CT molecular complexity index is 1310. The number of para-hydroxylation sites is 1. The summed E-state index contributed by atoms with van der Waals surface area (Å²) in [4.78, 5) is 17.2. The first kappa shape index (κ1) is 20.3. The summed E-state index contributed by atoms with van der Waals surface area (Å²) in [6.07, 6.45) is 1.57. The minimum atomic E-state index is -0.291. The number of aromatic nitrogens is 2. The Labute approximate surface area is 178 Å². The number of nitrogens with zero attached hydrogens (tertiary/aromatic N) is 3. The van der Waals surface area contributed by atoms with Crippen LogP contribution in [0, 0.1) is 12.7 Å². The van der Waals surface area contributed by atoms with E-state index in [9.17, 15) is 9.18 Å². The summed E-state index contributed by atoms with van der Waals surface area (Å²) < 4.78 is 25.5. The van der Waals surface area contributed by atoms with Crippen LogP contribution in [0.2, 0.25) is 0 Å². The molecule has 6 nitrogen and oxygen atoms in total. The van der Waals surface area contributed by atoms with Gasteiger partial charge in [-0.1, -0.05) is 24.3 Å². The Morgan fingerprint density at radius 2 is 1.84 bits per heavy atom. The highest BCUT2D eigenvalue weighted by atomic mass is 19.1. The van der Waals surface area contributed by atoms with E-state index in [0.717, 1.165) is 11.1 Å². The molecular weight excluding hydrogens is 397 g/mol. The van der Waals surface area contributed by atoms with Gasteiger partial charge in [0.1, 0.15) is 18.2 Å². The molecule has 0 spiro atoms. The minimum absolute atomic E-state index is 0.231. The van der Waals surface area contributed by atoms with Crippen LogP contribution in [0.15, 0.2) is 76.6 Å². The van der Waals surface area contributed by atoms with Crippen molar-refractivity contribution < 1.29 is 13.9 Å². The molecular formula is C24H20FN3O3. The number of aryl methyl sites for hydroxylation is 1. The van der Waals surface area contributed by atoms with E-state index in [1.54, 1.807) is 68.8 Å². The second kappa shape index (κ2) is 8.79. The van der Waals surface area contributed by atoms with E-state index in [1.165, 1.54) is 16.8 Å². The highest BCUT2D eigenvalue weighted by Gasteiger charge is 2.08. The van der Waals surface area contributed by atoms with Gasteiger partial charge in [-0.3, -0.25) is 4.79 Å². The Balaban J connectivity index is 1.57. The molecule has 3 aromatic carbocycles. The Morgan fingerprint density at radius 1 is 1.06 bits per heavy atom. The molecule has 0 N–H and O–H groups in total. The molecule has 7 heteroatoms. The van der Waals surface area contributed by atoms with E-state index in [0.29, 0.717) is 28.2 Å². The van der Waals surface area contributed by atoms with E-state index < -0.39 is 0 Å². The number of hydrogen-bond acceptors (Lipinski definition) is 5. The zero-order chi connectivity index (χ0) is 21.8. The molecule has 0 radical (unpaired) electrons. The molecule has 0 aliphatic heterocycles. The van der Waals surface area contributed by atoms with E-state index in [4.69, 9.17) is 9.47 Å². The fourth-order valence-electron chi connectivity index (χ4n) is 3.12.